The van der Waals surface area contributed by atoms with E-state index in [1.54, 1.807) is 0 Å². The van der Waals surface area contributed by atoms with Crippen LogP contribution in [0.1, 0.15) is 16.8 Å². The Morgan fingerprint density at radius 3 is 2.52 bits per heavy atom. The quantitative estimate of drug-likeness (QED) is 0.782. The van der Waals surface area contributed by atoms with Crippen LogP contribution in [0.2, 0.25) is 0 Å². The van der Waals surface area contributed by atoms with Gasteiger partial charge in [0, 0.05) is 27.3 Å². The van der Waals surface area contributed by atoms with Crippen LogP contribution in [0, 0.1) is 11.6 Å². The highest BCUT2D eigenvalue weighted by Gasteiger charge is 2.23. The molecule has 1 rings (SSSR count). The maximum Gasteiger partial charge on any atom is 0.256 e. The summed E-state index contributed by atoms with van der Waals surface area (Å²) in [5.74, 6) is -3.70. The lowest BCUT2D eigenvalue weighted by molar-refractivity contribution is 0.0773. The molecular weight excluding hydrogens is 306 g/mol. The summed E-state index contributed by atoms with van der Waals surface area (Å²) in [5.41, 5.74) is -0.682. The first kappa shape index (κ1) is 17.5. The Morgan fingerprint density at radius 2 is 2.00 bits per heavy atom. The van der Waals surface area contributed by atoms with Gasteiger partial charge >= 0.3 is 0 Å². The molecule has 118 valence electrons. The first-order valence-electron chi connectivity index (χ1n) is 5.94. The van der Waals surface area contributed by atoms with Gasteiger partial charge in [0.1, 0.15) is 0 Å². The highest BCUT2D eigenvalue weighted by atomic mass is 32.2. The highest BCUT2D eigenvalue weighted by Crippen LogP contribution is 2.19. The summed E-state index contributed by atoms with van der Waals surface area (Å²) in [5, 5.41) is 4.86. The van der Waals surface area contributed by atoms with Crippen LogP contribution < -0.4 is 5.14 Å². The van der Waals surface area contributed by atoms with Crippen molar-refractivity contribution in [3.05, 3.63) is 29.3 Å². The van der Waals surface area contributed by atoms with Crippen molar-refractivity contribution < 1.29 is 26.7 Å². The van der Waals surface area contributed by atoms with Crippen LogP contribution in [-0.2, 0) is 14.8 Å². The molecule has 1 amide bonds. The summed E-state index contributed by atoms with van der Waals surface area (Å²) in [4.78, 5) is 12.5. The molecule has 0 unspecified atom stereocenters. The van der Waals surface area contributed by atoms with Crippen LogP contribution in [0.15, 0.2) is 17.0 Å². The van der Waals surface area contributed by atoms with Gasteiger partial charge in [0.05, 0.1) is 10.5 Å². The second-order valence-corrected chi connectivity index (χ2v) is 5.95. The molecule has 0 spiro atoms. The van der Waals surface area contributed by atoms with E-state index < -0.39 is 38.0 Å². The van der Waals surface area contributed by atoms with E-state index in [1.807, 2.05) is 0 Å². The zero-order chi connectivity index (χ0) is 16.2. The zero-order valence-corrected chi connectivity index (χ0v) is 12.4. The molecule has 2 N–H and O–H groups in total. The lowest BCUT2D eigenvalue weighted by atomic mass is 10.1. The molecule has 0 atom stereocenters. The Hall–Kier alpha value is -1.58. The highest BCUT2D eigenvalue weighted by molar-refractivity contribution is 7.89. The van der Waals surface area contributed by atoms with Crippen molar-refractivity contribution in [1.82, 2.24) is 4.90 Å². The topological polar surface area (TPSA) is 89.7 Å². The summed E-state index contributed by atoms with van der Waals surface area (Å²) in [7, 11) is -1.36. The maximum absolute atomic E-state index is 13.7. The van der Waals surface area contributed by atoms with E-state index in [2.05, 4.69) is 0 Å². The van der Waals surface area contributed by atoms with Gasteiger partial charge in [0.2, 0.25) is 10.0 Å². The van der Waals surface area contributed by atoms with Crippen molar-refractivity contribution in [2.24, 2.45) is 5.14 Å². The Kier molecular flexibility index (Phi) is 5.76. The van der Waals surface area contributed by atoms with Crippen molar-refractivity contribution in [2.45, 2.75) is 11.3 Å². The molecule has 0 radical (unpaired) electrons. The van der Waals surface area contributed by atoms with Gasteiger partial charge in [-0.05, 0) is 18.6 Å². The molecule has 0 aliphatic rings. The fourth-order valence-corrected chi connectivity index (χ4v) is 2.19. The lowest BCUT2D eigenvalue weighted by Gasteiger charge is -2.17. The van der Waals surface area contributed by atoms with Gasteiger partial charge in [0.25, 0.3) is 5.91 Å². The van der Waals surface area contributed by atoms with Crippen LogP contribution in [0.5, 0.6) is 0 Å². The smallest absolute Gasteiger partial charge is 0.256 e. The Labute approximate surface area is 121 Å². The minimum absolute atomic E-state index is 0.243. The Bertz CT molecular complexity index is 634. The van der Waals surface area contributed by atoms with Gasteiger partial charge in [-0.25, -0.2) is 22.3 Å². The third-order valence-corrected chi connectivity index (χ3v) is 3.64. The number of carbonyl (C=O) groups excluding carboxylic acids is 1. The molecule has 0 aromatic heterocycles. The van der Waals surface area contributed by atoms with Gasteiger partial charge < -0.3 is 9.64 Å². The number of amides is 1. The number of hydrogen-bond donors (Lipinski definition) is 1. The monoisotopic (exact) mass is 322 g/mol. The SMILES string of the molecule is COCCCN(C)C(=O)c1cc(S(N)(=O)=O)cc(F)c1F. The fraction of sp³-hybridized carbons (Fsp3) is 0.417. The van der Waals surface area contributed by atoms with Crippen LogP contribution in [0.4, 0.5) is 8.78 Å². The van der Waals surface area contributed by atoms with Crippen molar-refractivity contribution in [1.29, 1.82) is 0 Å². The number of rotatable bonds is 6. The largest absolute Gasteiger partial charge is 0.385 e. The number of nitrogens with two attached hydrogens (primary N) is 1. The fourth-order valence-electron chi connectivity index (χ4n) is 1.64. The average Bonchev–Trinajstić information content (AvgIpc) is 2.39. The third kappa shape index (κ3) is 4.45. The van der Waals surface area contributed by atoms with Gasteiger partial charge in [0.15, 0.2) is 11.6 Å². The lowest BCUT2D eigenvalue weighted by Crippen LogP contribution is -2.29. The molecule has 0 aliphatic heterocycles. The molecule has 6 nitrogen and oxygen atoms in total. The summed E-state index contributed by atoms with van der Waals surface area (Å²) >= 11 is 0. The molecule has 0 saturated carbocycles. The molecule has 21 heavy (non-hydrogen) atoms. The standard InChI is InChI=1S/C12H16F2N2O4S/c1-16(4-3-5-20-2)12(17)9-6-8(21(15,18)19)7-10(13)11(9)14/h6-7H,3-5H2,1-2H3,(H2,15,18,19). The van der Waals surface area contributed by atoms with E-state index in [0.717, 1.165) is 11.0 Å². The number of hydrogen-bond acceptors (Lipinski definition) is 4. The number of methoxy groups -OCH3 is 1. The minimum Gasteiger partial charge on any atom is -0.385 e. The molecule has 0 saturated heterocycles. The number of ether oxygens (including phenoxy) is 1. The molecule has 0 heterocycles. The molecule has 0 fully saturated rings. The maximum atomic E-state index is 13.7. The number of nitrogens with zero attached hydrogens (tertiary/aromatic N) is 1. The predicted molar refractivity (Wildman–Crippen MR) is 71.2 cm³/mol. The second-order valence-electron chi connectivity index (χ2n) is 4.38. The molecule has 1 aromatic rings. The zero-order valence-electron chi connectivity index (χ0n) is 11.6. The average molecular weight is 322 g/mol. The van der Waals surface area contributed by atoms with Crippen molar-refractivity contribution in [2.75, 3.05) is 27.3 Å². The predicted octanol–water partition coefficient (Wildman–Crippen LogP) is 0.721. The molecule has 0 aliphatic carbocycles. The van der Waals surface area contributed by atoms with Crippen LogP contribution in [0.25, 0.3) is 0 Å². The van der Waals surface area contributed by atoms with Crippen molar-refractivity contribution >= 4 is 15.9 Å². The third-order valence-electron chi connectivity index (χ3n) is 2.75. The van der Waals surface area contributed by atoms with Crippen LogP contribution in [-0.4, -0.2) is 46.5 Å². The summed E-state index contributed by atoms with van der Waals surface area (Å²) in [6.45, 7) is 0.638. The van der Waals surface area contributed by atoms with Gasteiger partial charge in [-0.2, -0.15) is 0 Å². The number of primary sulfonamides is 1. The number of halogens is 2. The van der Waals surface area contributed by atoms with Crippen LogP contribution >= 0.6 is 0 Å². The number of sulfonamides is 1. The first-order chi connectivity index (χ1) is 9.68. The second kappa shape index (κ2) is 6.92. The Balaban J connectivity index is 3.11. The molecule has 9 heteroatoms. The van der Waals surface area contributed by atoms with Crippen molar-refractivity contribution in [3.8, 4) is 0 Å². The van der Waals surface area contributed by atoms with Crippen LogP contribution in [0.3, 0.4) is 0 Å². The van der Waals surface area contributed by atoms with Gasteiger partial charge in [-0.15, -0.1) is 0 Å². The summed E-state index contributed by atoms with van der Waals surface area (Å²) < 4.78 is 54.3. The van der Waals surface area contributed by atoms with E-state index in [4.69, 9.17) is 9.88 Å². The summed E-state index contributed by atoms with van der Waals surface area (Å²) in [6.07, 6.45) is 0.498. The first-order valence-corrected chi connectivity index (χ1v) is 7.49. The van der Waals surface area contributed by atoms with Gasteiger partial charge in [-0.1, -0.05) is 0 Å². The molecule has 0 bridgehead atoms. The van der Waals surface area contributed by atoms with Crippen molar-refractivity contribution in [3.63, 3.8) is 0 Å². The van der Waals surface area contributed by atoms with Gasteiger partial charge in [-0.3, -0.25) is 4.79 Å². The minimum atomic E-state index is -4.24. The number of benzene rings is 1. The summed E-state index contributed by atoms with van der Waals surface area (Å²) in [6, 6.07) is 1.16. The van der Waals surface area contributed by atoms with E-state index >= 15 is 0 Å². The number of carbonyl (C=O) groups is 1. The Morgan fingerprint density at radius 1 is 1.38 bits per heavy atom. The van der Waals surface area contributed by atoms with E-state index in [1.165, 1.54) is 14.2 Å². The molecular formula is C12H16F2N2O4S. The molecule has 1 aromatic carbocycles. The van der Waals surface area contributed by atoms with E-state index in [9.17, 15) is 22.0 Å². The van der Waals surface area contributed by atoms with E-state index in [-0.39, 0.29) is 6.54 Å². The van der Waals surface area contributed by atoms with E-state index in [0.29, 0.717) is 19.1 Å². The normalized spacial score (nSPS) is 11.5.